The first-order valence-electron chi connectivity index (χ1n) is 10.9. The Labute approximate surface area is 188 Å². The summed E-state index contributed by atoms with van der Waals surface area (Å²) in [5, 5.41) is 3.08. The Morgan fingerprint density at radius 3 is 2.35 bits per heavy atom. The van der Waals surface area contributed by atoms with Crippen LogP contribution in [0, 0.1) is 0 Å². The molecule has 2 rings (SSSR count). The van der Waals surface area contributed by atoms with Crippen molar-refractivity contribution in [2.45, 2.75) is 60.6 Å². The number of carbonyl (C=O) groups is 1. The Morgan fingerprint density at radius 1 is 1.19 bits per heavy atom. The highest BCUT2D eigenvalue weighted by molar-refractivity contribution is 5.95. The van der Waals surface area contributed by atoms with E-state index in [2.05, 4.69) is 16.9 Å². The van der Waals surface area contributed by atoms with E-state index in [9.17, 15) is 4.79 Å². The molecule has 1 N–H and O–H groups in total. The molecule has 0 fully saturated rings. The number of hydrogen-bond acceptors (Lipinski definition) is 5. The Balaban J connectivity index is 0.00000212. The quantitative estimate of drug-likeness (QED) is 0.422. The van der Waals surface area contributed by atoms with E-state index in [-0.39, 0.29) is 6.61 Å². The molecule has 0 spiro atoms. The summed E-state index contributed by atoms with van der Waals surface area (Å²) in [6.45, 7) is 15.8. The van der Waals surface area contributed by atoms with Gasteiger partial charge in [0.2, 0.25) is 0 Å². The van der Waals surface area contributed by atoms with Crippen LogP contribution in [0.15, 0.2) is 83.1 Å². The van der Waals surface area contributed by atoms with E-state index in [0.29, 0.717) is 18.0 Å². The summed E-state index contributed by atoms with van der Waals surface area (Å²) in [4.78, 5) is 17.5. The number of amidine groups is 1. The second-order valence-corrected chi connectivity index (χ2v) is 5.86. The molecule has 1 aliphatic heterocycles. The molecule has 1 aromatic carbocycles. The summed E-state index contributed by atoms with van der Waals surface area (Å²) in [6.07, 6.45) is 7.93. The van der Waals surface area contributed by atoms with E-state index in [1.165, 1.54) is 0 Å². The molecule has 1 aliphatic rings. The van der Waals surface area contributed by atoms with Gasteiger partial charge in [0, 0.05) is 5.70 Å². The third-order valence-electron chi connectivity index (χ3n) is 4.16. The van der Waals surface area contributed by atoms with Gasteiger partial charge < -0.3 is 14.8 Å². The van der Waals surface area contributed by atoms with Crippen LogP contribution >= 0.6 is 0 Å². The first kappa shape index (κ1) is 27.9. The van der Waals surface area contributed by atoms with Crippen molar-refractivity contribution in [3.63, 3.8) is 0 Å². The molecule has 1 aromatic rings. The Morgan fingerprint density at radius 2 is 1.84 bits per heavy atom. The zero-order valence-corrected chi connectivity index (χ0v) is 20.1. The number of carbonyl (C=O) groups excluding carboxylic acids is 1. The SMILES string of the molecule is C=C/C=C\C(=C/C)C1N=C(OC)NC(CC)=C1C(=O)OCc1ccccc1.CC.CC. The van der Waals surface area contributed by atoms with E-state index >= 15 is 0 Å². The zero-order valence-electron chi connectivity index (χ0n) is 20.1. The lowest BCUT2D eigenvalue weighted by molar-refractivity contribution is -0.140. The van der Waals surface area contributed by atoms with Gasteiger partial charge >= 0.3 is 5.97 Å². The van der Waals surface area contributed by atoms with E-state index in [1.54, 1.807) is 13.2 Å². The third-order valence-corrected chi connectivity index (χ3v) is 4.16. The lowest BCUT2D eigenvalue weighted by Gasteiger charge is -2.26. The van der Waals surface area contributed by atoms with Gasteiger partial charge in [0.15, 0.2) is 0 Å². The van der Waals surface area contributed by atoms with Crippen molar-refractivity contribution in [2.75, 3.05) is 7.11 Å². The van der Waals surface area contributed by atoms with Gasteiger partial charge in [-0.2, -0.15) is 0 Å². The number of benzene rings is 1. The Hall–Kier alpha value is -3.08. The van der Waals surface area contributed by atoms with E-state index < -0.39 is 12.0 Å². The zero-order chi connectivity index (χ0) is 23.6. The van der Waals surface area contributed by atoms with Crippen molar-refractivity contribution < 1.29 is 14.3 Å². The second-order valence-electron chi connectivity index (χ2n) is 5.86. The largest absolute Gasteiger partial charge is 0.468 e. The number of nitrogens with zero attached hydrogens (tertiary/aromatic N) is 1. The van der Waals surface area contributed by atoms with Crippen LogP contribution in [0.3, 0.4) is 0 Å². The molecular weight excluding hydrogens is 388 g/mol. The number of hydrogen-bond donors (Lipinski definition) is 1. The Bertz CT molecular complexity index is 790. The topological polar surface area (TPSA) is 59.9 Å². The number of rotatable bonds is 7. The molecule has 5 nitrogen and oxygen atoms in total. The van der Waals surface area contributed by atoms with Crippen molar-refractivity contribution in [3.05, 3.63) is 83.6 Å². The summed E-state index contributed by atoms with van der Waals surface area (Å²) in [6, 6.07) is 9.48. The highest BCUT2D eigenvalue weighted by Gasteiger charge is 2.32. The smallest absolute Gasteiger partial charge is 0.338 e. The van der Waals surface area contributed by atoms with Crippen LogP contribution in [-0.4, -0.2) is 25.1 Å². The first-order chi connectivity index (χ1) is 15.1. The predicted molar refractivity (Wildman–Crippen MR) is 131 cm³/mol. The number of aliphatic imine (C=N–C) groups is 1. The van der Waals surface area contributed by atoms with E-state index in [0.717, 1.165) is 16.8 Å². The molecule has 0 radical (unpaired) electrons. The summed E-state index contributed by atoms with van der Waals surface area (Å²) < 4.78 is 10.9. The van der Waals surface area contributed by atoms with Gasteiger partial charge in [-0.25, -0.2) is 9.79 Å². The minimum atomic E-state index is -0.499. The normalized spacial score (nSPS) is 15.5. The molecule has 0 bridgehead atoms. The molecule has 0 amide bonds. The van der Waals surface area contributed by atoms with Crippen LogP contribution in [-0.2, 0) is 20.9 Å². The average Bonchev–Trinajstić information content (AvgIpc) is 2.85. The van der Waals surface area contributed by atoms with Gasteiger partial charge in [0.05, 0.1) is 12.7 Å². The molecule has 5 heteroatoms. The van der Waals surface area contributed by atoms with Gasteiger partial charge in [-0.15, -0.1) is 0 Å². The average molecular weight is 427 g/mol. The Kier molecular flexibility index (Phi) is 15.0. The summed E-state index contributed by atoms with van der Waals surface area (Å²) in [7, 11) is 1.55. The third kappa shape index (κ3) is 8.67. The molecule has 0 saturated carbocycles. The fourth-order valence-electron chi connectivity index (χ4n) is 2.76. The first-order valence-corrected chi connectivity index (χ1v) is 10.9. The predicted octanol–water partition coefficient (Wildman–Crippen LogP) is 6.11. The molecule has 0 aliphatic carbocycles. The standard InChI is InChI=1S/C22H26N2O3.2C2H6/c1-5-8-14-17(6-2)20-19(18(7-3)23-22(24-20)26-4)21(25)27-15-16-12-10-9-11-13-16;2*1-2/h5-6,8-14,20H,1,7,15H2,2-4H3,(H,23,24);2*1-2H3/b14-8-,17-6+;;. The lowest BCUT2D eigenvalue weighted by Crippen LogP contribution is -2.37. The minimum Gasteiger partial charge on any atom is -0.468 e. The summed E-state index contributed by atoms with van der Waals surface area (Å²) in [5.41, 5.74) is 3.04. The van der Waals surface area contributed by atoms with Crippen molar-refractivity contribution in [1.82, 2.24) is 5.32 Å². The van der Waals surface area contributed by atoms with Crippen molar-refractivity contribution >= 4 is 12.0 Å². The van der Waals surface area contributed by atoms with Crippen LogP contribution in [0.25, 0.3) is 0 Å². The fraction of sp³-hybridized carbons (Fsp3) is 0.385. The highest BCUT2D eigenvalue weighted by atomic mass is 16.5. The molecule has 0 aromatic heterocycles. The monoisotopic (exact) mass is 426 g/mol. The van der Waals surface area contributed by atoms with Crippen molar-refractivity contribution in [3.8, 4) is 0 Å². The molecule has 0 saturated heterocycles. The number of allylic oxidation sites excluding steroid dienone is 4. The van der Waals surface area contributed by atoms with Crippen LogP contribution in [0.4, 0.5) is 0 Å². The highest BCUT2D eigenvalue weighted by Crippen LogP contribution is 2.26. The molecule has 1 atom stereocenters. The molecule has 1 unspecified atom stereocenters. The number of methoxy groups -OCH3 is 1. The van der Waals surface area contributed by atoms with Gasteiger partial charge in [0.25, 0.3) is 6.02 Å². The van der Waals surface area contributed by atoms with Crippen molar-refractivity contribution in [2.24, 2.45) is 4.99 Å². The van der Waals surface area contributed by atoms with Gasteiger partial charge in [-0.3, -0.25) is 0 Å². The van der Waals surface area contributed by atoms with Gasteiger partial charge in [-0.05, 0) is 24.5 Å². The second kappa shape index (κ2) is 16.7. The maximum atomic E-state index is 12.9. The number of esters is 1. The molecule has 1 heterocycles. The van der Waals surface area contributed by atoms with Crippen LogP contribution in [0.5, 0.6) is 0 Å². The summed E-state index contributed by atoms with van der Waals surface area (Å²) in [5.74, 6) is -0.390. The van der Waals surface area contributed by atoms with Crippen LogP contribution in [0.1, 0.15) is 53.5 Å². The molecule has 31 heavy (non-hydrogen) atoms. The van der Waals surface area contributed by atoms with Crippen LogP contribution < -0.4 is 5.32 Å². The van der Waals surface area contributed by atoms with E-state index in [1.807, 2.05) is 90.1 Å². The summed E-state index contributed by atoms with van der Waals surface area (Å²) >= 11 is 0. The fourth-order valence-corrected chi connectivity index (χ4v) is 2.76. The molecule has 170 valence electrons. The maximum Gasteiger partial charge on any atom is 0.338 e. The van der Waals surface area contributed by atoms with Gasteiger partial charge in [-0.1, -0.05) is 95.8 Å². The van der Waals surface area contributed by atoms with Crippen LogP contribution in [0.2, 0.25) is 0 Å². The minimum absolute atomic E-state index is 0.210. The maximum absolute atomic E-state index is 12.9. The van der Waals surface area contributed by atoms with Gasteiger partial charge in [0.1, 0.15) is 12.6 Å². The van der Waals surface area contributed by atoms with E-state index in [4.69, 9.17) is 9.47 Å². The number of ether oxygens (including phenoxy) is 2. The molecular formula is C26H38N2O3. The van der Waals surface area contributed by atoms with Crippen molar-refractivity contribution in [1.29, 1.82) is 0 Å². The lowest BCUT2D eigenvalue weighted by atomic mass is 9.94. The number of nitrogens with one attached hydrogen (secondary N) is 1.